The molecule has 0 spiro atoms. The van der Waals surface area contributed by atoms with Crippen molar-refractivity contribution in [3.63, 3.8) is 0 Å². The van der Waals surface area contributed by atoms with E-state index >= 15 is 0 Å². The normalized spacial score (nSPS) is 23.1. The molecule has 20 heavy (non-hydrogen) atoms. The molecule has 0 aromatic heterocycles. The number of nitrogens with one attached hydrogen (secondary N) is 1. The van der Waals surface area contributed by atoms with Crippen LogP contribution >= 0.6 is 0 Å². The number of piperazine rings is 1. The Morgan fingerprint density at radius 2 is 1.95 bits per heavy atom. The van der Waals surface area contributed by atoms with Crippen molar-refractivity contribution in [1.29, 1.82) is 0 Å². The number of carbonyl (C=O) groups is 1. The van der Waals surface area contributed by atoms with E-state index in [1.807, 2.05) is 6.07 Å². The highest BCUT2D eigenvalue weighted by Gasteiger charge is 2.31. The lowest BCUT2D eigenvalue weighted by Crippen LogP contribution is -2.55. The fourth-order valence-electron chi connectivity index (χ4n) is 2.95. The molecule has 0 aliphatic carbocycles. The summed E-state index contributed by atoms with van der Waals surface area (Å²) < 4.78 is 0. The van der Waals surface area contributed by atoms with Crippen LogP contribution in [0.2, 0.25) is 0 Å². The van der Waals surface area contributed by atoms with Gasteiger partial charge in [-0.2, -0.15) is 0 Å². The lowest BCUT2D eigenvalue weighted by Gasteiger charge is -2.40. The van der Waals surface area contributed by atoms with Gasteiger partial charge in [-0.3, -0.25) is 4.79 Å². The molecule has 2 atom stereocenters. The maximum atomic E-state index is 12.6. The van der Waals surface area contributed by atoms with Crippen molar-refractivity contribution in [2.45, 2.75) is 45.7 Å². The van der Waals surface area contributed by atoms with Gasteiger partial charge in [-0.25, -0.2) is 0 Å². The third-order valence-corrected chi connectivity index (χ3v) is 4.39. The molecular weight excluding hydrogens is 248 g/mol. The number of benzene rings is 1. The van der Waals surface area contributed by atoms with Crippen LogP contribution < -0.4 is 5.32 Å². The van der Waals surface area contributed by atoms with E-state index in [4.69, 9.17) is 0 Å². The van der Waals surface area contributed by atoms with Gasteiger partial charge in [0.05, 0.1) is 0 Å². The van der Waals surface area contributed by atoms with E-state index < -0.39 is 0 Å². The van der Waals surface area contributed by atoms with Gasteiger partial charge in [0.15, 0.2) is 0 Å². The molecule has 1 heterocycles. The molecule has 1 N–H and O–H groups in total. The Bertz CT molecular complexity index is 428. The van der Waals surface area contributed by atoms with Crippen LogP contribution in [0.4, 0.5) is 0 Å². The van der Waals surface area contributed by atoms with Crippen LogP contribution in [0.25, 0.3) is 0 Å². The Morgan fingerprint density at radius 1 is 1.30 bits per heavy atom. The Balaban J connectivity index is 2.10. The second-order valence-corrected chi connectivity index (χ2v) is 5.72. The molecular formula is C17H26N2O. The first-order valence-corrected chi connectivity index (χ1v) is 7.76. The topological polar surface area (TPSA) is 32.3 Å². The molecule has 110 valence electrons. The second-order valence-electron chi connectivity index (χ2n) is 5.72. The Morgan fingerprint density at radius 3 is 2.55 bits per heavy atom. The van der Waals surface area contributed by atoms with Gasteiger partial charge in [0.2, 0.25) is 5.91 Å². The van der Waals surface area contributed by atoms with Crippen LogP contribution in [-0.4, -0.2) is 29.9 Å². The highest BCUT2D eigenvalue weighted by Crippen LogP contribution is 2.23. The van der Waals surface area contributed by atoms with E-state index in [1.165, 1.54) is 5.56 Å². The van der Waals surface area contributed by atoms with Gasteiger partial charge in [-0.15, -0.1) is 0 Å². The molecule has 1 aliphatic heterocycles. The van der Waals surface area contributed by atoms with Crippen LogP contribution in [0.1, 0.15) is 45.2 Å². The summed E-state index contributed by atoms with van der Waals surface area (Å²) in [5, 5.41) is 3.55. The summed E-state index contributed by atoms with van der Waals surface area (Å²) >= 11 is 0. The molecule has 2 unspecified atom stereocenters. The van der Waals surface area contributed by atoms with Gasteiger partial charge in [0, 0.05) is 31.1 Å². The van der Waals surface area contributed by atoms with E-state index in [0.29, 0.717) is 5.91 Å². The number of amides is 1. The molecule has 1 aliphatic rings. The van der Waals surface area contributed by atoms with Crippen LogP contribution in [0.15, 0.2) is 30.3 Å². The molecule has 1 aromatic carbocycles. The summed E-state index contributed by atoms with van der Waals surface area (Å²) in [5.41, 5.74) is 1.27. The molecule has 2 rings (SSSR count). The zero-order valence-electron chi connectivity index (χ0n) is 12.8. The second kappa shape index (κ2) is 6.89. The molecule has 3 heteroatoms. The maximum Gasteiger partial charge on any atom is 0.226 e. The van der Waals surface area contributed by atoms with Crippen molar-refractivity contribution in [2.75, 3.05) is 13.1 Å². The minimum Gasteiger partial charge on any atom is -0.337 e. The monoisotopic (exact) mass is 274 g/mol. The van der Waals surface area contributed by atoms with Crippen LogP contribution in [-0.2, 0) is 4.79 Å². The first-order valence-electron chi connectivity index (χ1n) is 7.76. The van der Waals surface area contributed by atoms with E-state index in [1.54, 1.807) is 0 Å². The third kappa shape index (κ3) is 3.21. The third-order valence-electron chi connectivity index (χ3n) is 4.39. The number of carbonyl (C=O) groups excluding carboxylic acids is 1. The first kappa shape index (κ1) is 15.0. The maximum absolute atomic E-state index is 12.6. The lowest BCUT2D eigenvalue weighted by molar-refractivity contribution is -0.139. The summed E-state index contributed by atoms with van der Waals surface area (Å²) in [6.07, 6.45) is 1.87. The molecule has 0 bridgehead atoms. The van der Waals surface area contributed by atoms with Gasteiger partial charge < -0.3 is 10.2 Å². The van der Waals surface area contributed by atoms with Crippen LogP contribution in [0.3, 0.4) is 0 Å². The predicted molar refractivity (Wildman–Crippen MR) is 82.4 cm³/mol. The van der Waals surface area contributed by atoms with E-state index in [0.717, 1.165) is 25.9 Å². The highest BCUT2D eigenvalue weighted by atomic mass is 16.2. The number of rotatable bonds is 4. The SMILES string of the molecule is CCC(CC)C(=O)N1CC(c2ccccc2)NCC1C. The molecule has 1 aromatic rings. The van der Waals surface area contributed by atoms with Crippen LogP contribution in [0, 0.1) is 5.92 Å². The molecule has 0 saturated carbocycles. The van der Waals surface area contributed by atoms with Crippen molar-refractivity contribution < 1.29 is 4.79 Å². The van der Waals surface area contributed by atoms with Gasteiger partial charge in [-0.05, 0) is 25.3 Å². The first-order chi connectivity index (χ1) is 9.67. The van der Waals surface area contributed by atoms with Crippen molar-refractivity contribution in [3.05, 3.63) is 35.9 Å². The largest absolute Gasteiger partial charge is 0.337 e. The van der Waals surface area contributed by atoms with Crippen molar-refractivity contribution in [2.24, 2.45) is 5.92 Å². The average molecular weight is 274 g/mol. The van der Waals surface area contributed by atoms with Crippen molar-refractivity contribution in [1.82, 2.24) is 10.2 Å². The quantitative estimate of drug-likeness (QED) is 0.915. The highest BCUT2D eigenvalue weighted by molar-refractivity contribution is 5.79. The van der Waals surface area contributed by atoms with Crippen molar-refractivity contribution >= 4 is 5.91 Å². The summed E-state index contributed by atoms with van der Waals surface area (Å²) in [5.74, 6) is 0.497. The Hall–Kier alpha value is -1.35. The smallest absolute Gasteiger partial charge is 0.226 e. The summed E-state index contributed by atoms with van der Waals surface area (Å²) in [7, 11) is 0. The minimum atomic E-state index is 0.173. The minimum absolute atomic E-state index is 0.173. The number of nitrogens with zero attached hydrogens (tertiary/aromatic N) is 1. The lowest BCUT2D eigenvalue weighted by atomic mass is 9.97. The van der Waals surface area contributed by atoms with Crippen LogP contribution in [0.5, 0.6) is 0 Å². The van der Waals surface area contributed by atoms with Gasteiger partial charge in [0.1, 0.15) is 0 Å². The summed E-state index contributed by atoms with van der Waals surface area (Å²) in [6.45, 7) is 7.99. The van der Waals surface area contributed by atoms with E-state index in [2.05, 4.69) is 55.3 Å². The number of hydrogen-bond acceptors (Lipinski definition) is 2. The average Bonchev–Trinajstić information content (AvgIpc) is 2.49. The molecule has 1 fully saturated rings. The zero-order chi connectivity index (χ0) is 14.5. The standard InChI is InChI=1S/C17H26N2O/c1-4-14(5-2)17(20)19-12-16(18-11-13(19)3)15-9-7-6-8-10-15/h6-10,13-14,16,18H,4-5,11-12H2,1-3H3. The number of hydrogen-bond donors (Lipinski definition) is 1. The van der Waals surface area contributed by atoms with Crippen molar-refractivity contribution in [3.8, 4) is 0 Å². The Kier molecular flexibility index (Phi) is 5.18. The summed E-state index contributed by atoms with van der Waals surface area (Å²) in [4.78, 5) is 14.7. The fourth-order valence-corrected chi connectivity index (χ4v) is 2.95. The molecule has 0 radical (unpaired) electrons. The molecule has 1 saturated heterocycles. The summed E-state index contributed by atoms with van der Waals surface area (Å²) in [6, 6.07) is 10.9. The van der Waals surface area contributed by atoms with Gasteiger partial charge >= 0.3 is 0 Å². The van der Waals surface area contributed by atoms with E-state index in [-0.39, 0.29) is 18.0 Å². The predicted octanol–water partition coefficient (Wildman–Crippen LogP) is 2.98. The molecule has 3 nitrogen and oxygen atoms in total. The zero-order valence-corrected chi connectivity index (χ0v) is 12.8. The van der Waals surface area contributed by atoms with Gasteiger partial charge in [-0.1, -0.05) is 44.2 Å². The molecule has 1 amide bonds. The van der Waals surface area contributed by atoms with Gasteiger partial charge in [0.25, 0.3) is 0 Å². The fraction of sp³-hybridized carbons (Fsp3) is 0.588. The Labute approximate surface area is 122 Å². The van der Waals surface area contributed by atoms with E-state index in [9.17, 15) is 4.79 Å².